The molecule has 0 unspecified atom stereocenters. The minimum Gasteiger partial charge on any atom is -0.493 e. The Hall–Kier alpha value is -3.48. The zero-order valence-corrected chi connectivity index (χ0v) is 16.5. The van der Waals surface area contributed by atoms with E-state index in [1.54, 1.807) is 38.8 Å². The molecule has 0 saturated carbocycles. The second kappa shape index (κ2) is 8.26. The molecule has 29 heavy (non-hydrogen) atoms. The van der Waals surface area contributed by atoms with Gasteiger partial charge in [0.2, 0.25) is 0 Å². The monoisotopic (exact) mass is 393 g/mol. The molecule has 1 amide bonds. The first-order chi connectivity index (χ1) is 14.2. The number of pyridine rings is 1. The maximum atomic E-state index is 12.3. The number of amides is 1. The Labute approximate surface area is 169 Å². The van der Waals surface area contributed by atoms with Gasteiger partial charge >= 0.3 is 0 Å². The van der Waals surface area contributed by atoms with Gasteiger partial charge in [-0.05, 0) is 53.9 Å². The fourth-order valence-corrected chi connectivity index (χ4v) is 3.47. The SMILES string of the molecule is COc1cc2c(cc1OC)CN(c1ccc(C(=O)NCc3ccco3)cn1)CC2. The molecule has 0 fully saturated rings. The van der Waals surface area contributed by atoms with Gasteiger partial charge in [0, 0.05) is 19.3 Å². The van der Waals surface area contributed by atoms with E-state index in [1.165, 1.54) is 11.1 Å². The Morgan fingerprint density at radius 3 is 2.62 bits per heavy atom. The Morgan fingerprint density at radius 1 is 1.17 bits per heavy atom. The number of anilines is 1. The summed E-state index contributed by atoms with van der Waals surface area (Å²) in [6, 6.07) is 11.4. The number of carbonyl (C=O) groups excluding carboxylic acids is 1. The zero-order valence-electron chi connectivity index (χ0n) is 16.5. The molecule has 2 aromatic heterocycles. The summed E-state index contributed by atoms with van der Waals surface area (Å²) >= 11 is 0. The second-order valence-corrected chi connectivity index (χ2v) is 6.81. The summed E-state index contributed by atoms with van der Waals surface area (Å²) in [5.74, 6) is 2.85. The van der Waals surface area contributed by atoms with Gasteiger partial charge in [-0.15, -0.1) is 0 Å². The maximum Gasteiger partial charge on any atom is 0.253 e. The lowest BCUT2D eigenvalue weighted by atomic mass is 9.98. The van der Waals surface area contributed by atoms with E-state index in [2.05, 4.69) is 15.2 Å². The van der Waals surface area contributed by atoms with Crippen LogP contribution >= 0.6 is 0 Å². The number of carbonyl (C=O) groups is 1. The lowest BCUT2D eigenvalue weighted by molar-refractivity contribution is 0.0947. The van der Waals surface area contributed by atoms with E-state index in [4.69, 9.17) is 13.9 Å². The number of aromatic nitrogens is 1. The van der Waals surface area contributed by atoms with Crippen molar-refractivity contribution in [2.24, 2.45) is 0 Å². The van der Waals surface area contributed by atoms with Crippen molar-refractivity contribution in [3.63, 3.8) is 0 Å². The van der Waals surface area contributed by atoms with Gasteiger partial charge in [-0.25, -0.2) is 4.98 Å². The summed E-state index contributed by atoms with van der Waals surface area (Å²) in [5, 5.41) is 2.82. The highest BCUT2D eigenvalue weighted by Crippen LogP contribution is 2.34. The minimum atomic E-state index is -0.179. The van der Waals surface area contributed by atoms with Crippen LogP contribution in [0.15, 0.2) is 53.3 Å². The van der Waals surface area contributed by atoms with Crippen LogP contribution in [0, 0.1) is 0 Å². The second-order valence-electron chi connectivity index (χ2n) is 6.81. The maximum absolute atomic E-state index is 12.3. The van der Waals surface area contributed by atoms with Crippen LogP contribution in [0.3, 0.4) is 0 Å². The summed E-state index contributed by atoms with van der Waals surface area (Å²) in [7, 11) is 3.29. The van der Waals surface area contributed by atoms with E-state index < -0.39 is 0 Å². The number of hydrogen-bond acceptors (Lipinski definition) is 6. The Morgan fingerprint density at radius 2 is 1.97 bits per heavy atom. The molecule has 1 aromatic carbocycles. The first kappa shape index (κ1) is 18.9. The molecule has 0 atom stereocenters. The lowest BCUT2D eigenvalue weighted by Gasteiger charge is -2.30. The van der Waals surface area contributed by atoms with Gasteiger partial charge in [0.05, 0.1) is 32.6 Å². The van der Waals surface area contributed by atoms with Crippen molar-refractivity contribution in [2.45, 2.75) is 19.5 Å². The van der Waals surface area contributed by atoms with Gasteiger partial charge in [-0.3, -0.25) is 4.79 Å². The molecule has 1 aliphatic heterocycles. The van der Waals surface area contributed by atoms with Crippen molar-refractivity contribution in [2.75, 3.05) is 25.7 Å². The van der Waals surface area contributed by atoms with Crippen molar-refractivity contribution >= 4 is 11.7 Å². The van der Waals surface area contributed by atoms with Crippen molar-refractivity contribution in [1.82, 2.24) is 10.3 Å². The molecule has 0 aliphatic carbocycles. The topological polar surface area (TPSA) is 76.8 Å². The number of hydrogen-bond donors (Lipinski definition) is 1. The van der Waals surface area contributed by atoms with E-state index in [9.17, 15) is 4.79 Å². The molecule has 0 saturated heterocycles. The van der Waals surface area contributed by atoms with Gasteiger partial charge in [-0.2, -0.15) is 0 Å². The van der Waals surface area contributed by atoms with Gasteiger partial charge in [0.15, 0.2) is 11.5 Å². The standard InChI is InChI=1S/C22H23N3O4/c1-27-19-10-15-7-8-25(14-17(15)11-20(19)28-2)21-6-5-16(12-23-21)22(26)24-13-18-4-3-9-29-18/h3-6,9-12H,7-8,13-14H2,1-2H3,(H,24,26). The number of fused-ring (bicyclic) bond motifs is 1. The normalized spacial score (nSPS) is 13.0. The highest BCUT2D eigenvalue weighted by Gasteiger charge is 2.20. The quantitative estimate of drug-likeness (QED) is 0.693. The molecular formula is C22H23N3O4. The summed E-state index contributed by atoms with van der Waals surface area (Å²) in [6.45, 7) is 1.92. The number of furan rings is 1. The molecule has 3 heterocycles. The van der Waals surface area contributed by atoms with Crippen LogP contribution in [-0.4, -0.2) is 31.7 Å². The molecule has 0 radical (unpaired) electrons. The van der Waals surface area contributed by atoms with Gasteiger partial charge in [-0.1, -0.05) is 0 Å². The average Bonchev–Trinajstić information content (AvgIpc) is 3.30. The molecule has 3 aromatic rings. The fourth-order valence-electron chi connectivity index (χ4n) is 3.47. The van der Waals surface area contributed by atoms with Crippen LogP contribution < -0.4 is 19.7 Å². The molecule has 1 aliphatic rings. The predicted molar refractivity (Wildman–Crippen MR) is 108 cm³/mol. The molecule has 1 N–H and O–H groups in total. The Balaban J connectivity index is 1.44. The zero-order chi connectivity index (χ0) is 20.2. The molecule has 0 bridgehead atoms. The number of nitrogens with one attached hydrogen (secondary N) is 1. The summed E-state index contributed by atoms with van der Waals surface area (Å²) in [4.78, 5) is 19.0. The first-order valence-electron chi connectivity index (χ1n) is 9.43. The van der Waals surface area contributed by atoms with Crippen LogP contribution in [0.5, 0.6) is 11.5 Å². The largest absolute Gasteiger partial charge is 0.493 e. The highest BCUT2D eigenvalue weighted by atomic mass is 16.5. The van der Waals surface area contributed by atoms with E-state index in [-0.39, 0.29) is 5.91 Å². The molecule has 7 heteroatoms. The van der Waals surface area contributed by atoms with Crippen LogP contribution in [0.25, 0.3) is 0 Å². The van der Waals surface area contributed by atoms with E-state index in [1.807, 2.05) is 24.3 Å². The third-order valence-corrected chi connectivity index (χ3v) is 5.06. The van der Waals surface area contributed by atoms with Crippen LogP contribution in [0.2, 0.25) is 0 Å². The number of ether oxygens (including phenoxy) is 2. The minimum absolute atomic E-state index is 0.179. The fraction of sp³-hybridized carbons (Fsp3) is 0.273. The Bertz CT molecular complexity index is 984. The third kappa shape index (κ3) is 4.03. The van der Waals surface area contributed by atoms with Crippen LogP contribution in [0.4, 0.5) is 5.82 Å². The lowest BCUT2D eigenvalue weighted by Crippen LogP contribution is -2.31. The van der Waals surface area contributed by atoms with E-state index in [0.717, 1.165) is 36.8 Å². The molecule has 150 valence electrons. The molecule has 4 rings (SSSR count). The number of rotatable bonds is 6. The van der Waals surface area contributed by atoms with Crippen LogP contribution in [0.1, 0.15) is 27.2 Å². The smallest absolute Gasteiger partial charge is 0.253 e. The molecule has 7 nitrogen and oxygen atoms in total. The van der Waals surface area contributed by atoms with Crippen molar-refractivity contribution in [1.29, 1.82) is 0 Å². The van der Waals surface area contributed by atoms with Crippen molar-refractivity contribution in [3.8, 4) is 11.5 Å². The third-order valence-electron chi connectivity index (χ3n) is 5.06. The average molecular weight is 393 g/mol. The van der Waals surface area contributed by atoms with E-state index in [0.29, 0.717) is 17.9 Å². The highest BCUT2D eigenvalue weighted by molar-refractivity contribution is 5.94. The molecular weight excluding hydrogens is 370 g/mol. The van der Waals surface area contributed by atoms with E-state index >= 15 is 0 Å². The first-order valence-corrected chi connectivity index (χ1v) is 9.43. The van der Waals surface area contributed by atoms with Gasteiger partial charge < -0.3 is 24.1 Å². The van der Waals surface area contributed by atoms with Crippen LogP contribution in [-0.2, 0) is 19.5 Å². The summed E-state index contributed by atoms with van der Waals surface area (Å²) < 4.78 is 16.0. The summed E-state index contributed by atoms with van der Waals surface area (Å²) in [6.07, 6.45) is 4.08. The number of methoxy groups -OCH3 is 2. The number of nitrogens with zero attached hydrogens (tertiary/aromatic N) is 2. The van der Waals surface area contributed by atoms with Crippen molar-refractivity contribution < 1.29 is 18.7 Å². The van der Waals surface area contributed by atoms with Gasteiger partial charge in [0.25, 0.3) is 5.91 Å². The summed E-state index contributed by atoms with van der Waals surface area (Å²) in [5.41, 5.74) is 2.97. The number of benzene rings is 1. The van der Waals surface area contributed by atoms with Crippen molar-refractivity contribution in [3.05, 3.63) is 71.3 Å². The Kier molecular flexibility index (Phi) is 5.37. The predicted octanol–water partition coefficient (Wildman–Crippen LogP) is 3.18. The molecule has 0 spiro atoms. The van der Waals surface area contributed by atoms with Gasteiger partial charge in [0.1, 0.15) is 11.6 Å².